The largest absolute Gasteiger partial charge is 0.374 e. The first-order chi connectivity index (χ1) is 8.30. The maximum absolute atomic E-state index is 5.92. The molecule has 17 heavy (non-hydrogen) atoms. The van der Waals surface area contributed by atoms with Gasteiger partial charge in [-0.1, -0.05) is 24.4 Å². The van der Waals surface area contributed by atoms with Crippen molar-refractivity contribution in [1.29, 1.82) is 0 Å². The van der Waals surface area contributed by atoms with Gasteiger partial charge >= 0.3 is 0 Å². The molecule has 0 bridgehead atoms. The van der Waals surface area contributed by atoms with Gasteiger partial charge in [-0.15, -0.1) is 0 Å². The summed E-state index contributed by atoms with van der Waals surface area (Å²) in [5.74, 6) is 1.33. The summed E-state index contributed by atoms with van der Waals surface area (Å²) in [4.78, 5) is 4.43. The lowest BCUT2D eigenvalue weighted by Crippen LogP contribution is -2.37. The minimum atomic E-state index is -0.0876. The molecule has 0 amide bonds. The zero-order valence-corrected chi connectivity index (χ0v) is 10.4. The fourth-order valence-electron chi connectivity index (χ4n) is 2.46. The number of rotatable bonds is 5. The van der Waals surface area contributed by atoms with E-state index in [0.29, 0.717) is 31.5 Å². The second-order valence-corrected chi connectivity index (χ2v) is 4.70. The van der Waals surface area contributed by atoms with Gasteiger partial charge in [0.1, 0.15) is 6.61 Å². The van der Waals surface area contributed by atoms with Crippen LogP contribution < -0.4 is 5.73 Å². The highest BCUT2D eigenvalue weighted by Gasteiger charge is 2.37. The highest BCUT2D eigenvalue weighted by atomic mass is 16.5. The number of hydrogen-bond donors (Lipinski definition) is 1. The summed E-state index contributed by atoms with van der Waals surface area (Å²) >= 11 is 0. The molecule has 2 N–H and O–H groups in total. The Labute approximate surface area is 102 Å². The molecule has 0 radical (unpaired) electrons. The van der Waals surface area contributed by atoms with Crippen LogP contribution in [0.1, 0.15) is 50.7 Å². The molecule has 0 saturated heterocycles. The van der Waals surface area contributed by atoms with Gasteiger partial charge in [0.2, 0.25) is 5.89 Å². The molecule has 1 aliphatic rings. The van der Waals surface area contributed by atoms with E-state index in [2.05, 4.69) is 10.1 Å². The van der Waals surface area contributed by atoms with E-state index in [1.54, 1.807) is 0 Å². The van der Waals surface area contributed by atoms with Crippen molar-refractivity contribution in [2.45, 2.75) is 51.0 Å². The van der Waals surface area contributed by atoms with Gasteiger partial charge in [0.15, 0.2) is 5.82 Å². The molecule has 0 aliphatic heterocycles. The van der Waals surface area contributed by atoms with Crippen molar-refractivity contribution in [2.24, 2.45) is 5.73 Å². The van der Waals surface area contributed by atoms with Crippen LogP contribution in [0, 0.1) is 0 Å². The van der Waals surface area contributed by atoms with Crippen LogP contribution in [0.5, 0.6) is 0 Å². The van der Waals surface area contributed by atoms with Crippen LogP contribution >= 0.6 is 0 Å². The third kappa shape index (κ3) is 2.66. The molecule has 1 aromatic rings. The summed E-state index contributed by atoms with van der Waals surface area (Å²) in [6, 6.07) is 0. The molecular formula is C12H21N3O2. The molecular weight excluding hydrogens is 218 g/mol. The molecule has 5 nitrogen and oxygen atoms in total. The van der Waals surface area contributed by atoms with Gasteiger partial charge in [-0.25, -0.2) is 0 Å². The first-order valence-corrected chi connectivity index (χ1v) is 6.41. The molecule has 0 aromatic carbocycles. The number of ether oxygens (including phenoxy) is 1. The summed E-state index contributed by atoms with van der Waals surface area (Å²) in [7, 11) is 0. The molecule has 1 aromatic heterocycles. The topological polar surface area (TPSA) is 74.2 Å². The summed E-state index contributed by atoms with van der Waals surface area (Å²) in [6.07, 6.45) is 5.78. The average molecular weight is 239 g/mol. The van der Waals surface area contributed by atoms with E-state index >= 15 is 0 Å². The lowest BCUT2D eigenvalue weighted by molar-refractivity contribution is 0.126. The van der Waals surface area contributed by atoms with Crippen LogP contribution in [0.4, 0.5) is 0 Å². The molecule has 0 unspecified atom stereocenters. The lowest BCUT2D eigenvalue weighted by atomic mass is 9.74. The summed E-state index contributed by atoms with van der Waals surface area (Å²) in [5.41, 5.74) is 5.83. The van der Waals surface area contributed by atoms with Gasteiger partial charge in [-0.3, -0.25) is 0 Å². The molecule has 1 fully saturated rings. The van der Waals surface area contributed by atoms with E-state index in [9.17, 15) is 0 Å². The quantitative estimate of drug-likeness (QED) is 0.847. The Morgan fingerprint density at radius 2 is 2.12 bits per heavy atom. The minimum absolute atomic E-state index is 0.0876. The van der Waals surface area contributed by atoms with E-state index < -0.39 is 0 Å². The number of nitrogens with two attached hydrogens (primary N) is 1. The molecule has 1 saturated carbocycles. The molecule has 2 rings (SSSR count). The standard InChI is InChI=1S/C12H21N3O2/c1-2-16-8-10-14-11(17-15-10)12(9-13)6-4-3-5-7-12/h2-9,13H2,1H3. The SMILES string of the molecule is CCOCc1noc(C2(CN)CCCCC2)n1. The van der Waals surface area contributed by atoms with Gasteiger partial charge < -0.3 is 15.0 Å². The van der Waals surface area contributed by atoms with Gasteiger partial charge in [-0.05, 0) is 19.8 Å². The Kier molecular flexibility index (Phi) is 4.12. The average Bonchev–Trinajstić information content (AvgIpc) is 2.86. The predicted molar refractivity (Wildman–Crippen MR) is 63.4 cm³/mol. The van der Waals surface area contributed by atoms with Crippen LogP contribution in [0.15, 0.2) is 4.52 Å². The van der Waals surface area contributed by atoms with Crippen molar-refractivity contribution < 1.29 is 9.26 Å². The normalized spacial score (nSPS) is 19.4. The second kappa shape index (κ2) is 5.60. The Morgan fingerprint density at radius 3 is 2.76 bits per heavy atom. The van der Waals surface area contributed by atoms with E-state index in [1.165, 1.54) is 19.3 Å². The van der Waals surface area contributed by atoms with Gasteiger partial charge in [0.25, 0.3) is 0 Å². The monoisotopic (exact) mass is 239 g/mol. The third-order valence-electron chi connectivity index (χ3n) is 3.56. The van der Waals surface area contributed by atoms with Crippen molar-refractivity contribution in [2.75, 3.05) is 13.2 Å². The Bertz CT molecular complexity index is 345. The Balaban J connectivity index is 2.10. The first kappa shape index (κ1) is 12.5. The van der Waals surface area contributed by atoms with E-state index in [1.807, 2.05) is 6.92 Å². The minimum Gasteiger partial charge on any atom is -0.374 e. The zero-order chi connectivity index (χ0) is 12.1. The first-order valence-electron chi connectivity index (χ1n) is 6.41. The summed E-state index contributed by atoms with van der Waals surface area (Å²) in [5, 5.41) is 3.96. The van der Waals surface area contributed by atoms with Gasteiger partial charge in [-0.2, -0.15) is 4.98 Å². The second-order valence-electron chi connectivity index (χ2n) is 4.70. The van der Waals surface area contributed by atoms with Crippen LogP contribution in [0.2, 0.25) is 0 Å². The lowest BCUT2D eigenvalue weighted by Gasteiger charge is -2.32. The van der Waals surface area contributed by atoms with Crippen molar-refractivity contribution in [3.05, 3.63) is 11.7 Å². The van der Waals surface area contributed by atoms with E-state index in [4.69, 9.17) is 15.0 Å². The maximum Gasteiger partial charge on any atom is 0.234 e. The summed E-state index contributed by atoms with van der Waals surface area (Å²) in [6.45, 7) is 3.61. The van der Waals surface area contributed by atoms with Crippen molar-refractivity contribution in [3.8, 4) is 0 Å². The van der Waals surface area contributed by atoms with Crippen molar-refractivity contribution in [3.63, 3.8) is 0 Å². The van der Waals surface area contributed by atoms with E-state index in [0.717, 1.165) is 12.8 Å². The smallest absolute Gasteiger partial charge is 0.234 e. The third-order valence-corrected chi connectivity index (χ3v) is 3.56. The van der Waals surface area contributed by atoms with Crippen LogP contribution in [0.3, 0.4) is 0 Å². The number of hydrogen-bond acceptors (Lipinski definition) is 5. The molecule has 96 valence electrons. The number of nitrogens with zero attached hydrogens (tertiary/aromatic N) is 2. The zero-order valence-electron chi connectivity index (χ0n) is 10.4. The highest BCUT2D eigenvalue weighted by Crippen LogP contribution is 2.37. The number of aromatic nitrogens is 2. The molecule has 1 aliphatic carbocycles. The van der Waals surface area contributed by atoms with Crippen LogP contribution in [0.25, 0.3) is 0 Å². The van der Waals surface area contributed by atoms with Crippen molar-refractivity contribution >= 4 is 0 Å². The molecule has 0 spiro atoms. The maximum atomic E-state index is 5.92. The van der Waals surface area contributed by atoms with Crippen molar-refractivity contribution in [1.82, 2.24) is 10.1 Å². The van der Waals surface area contributed by atoms with Gasteiger partial charge in [0, 0.05) is 13.2 Å². The Morgan fingerprint density at radius 1 is 1.35 bits per heavy atom. The van der Waals surface area contributed by atoms with E-state index in [-0.39, 0.29) is 5.41 Å². The fraction of sp³-hybridized carbons (Fsp3) is 0.833. The molecule has 0 atom stereocenters. The summed E-state index contributed by atoms with van der Waals surface area (Å²) < 4.78 is 10.6. The molecule has 5 heteroatoms. The molecule has 1 heterocycles. The Hall–Kier alpha value is -0.940. The highest BCUT2D eigenvalue weighted by molar-refractivity contribution is 5.07. The van der Waals surface area contributed by atoms with Gasteiger partial charge in [0.05, 0.1) is 5.41 Å². The predicted octanol–water partition coefficient (Wildman–Crippen LogP) is 1.77. The van der Waals surface area contributed by atoms with Crippen LogP contribution in [-0.4, -0.2) is 23.3 Å². The fourth-order valence-corrected chi connectivity index (χ4v) is 2.46. The van der Waals surface area contributed by atoms with Crippen LogP contribution in [-0.2, 0) is 16.8 Å².